The predicted molar refractivity (Wildman–Crippen MR) is 357 cm³/mol. The van der Waals surface area contributed by atoms with Crippen LogP contribution in [-0.4, -0.2) is 16.1 Å². The van der Waals surface area contributed by atoms with E-state index in [9.17, 15) is 0 Å². The van der Waals surface area contributed by atoms with Gasteiger partial charge in [0, 0.05) is 33.5 Å². The summed E-state index contributed by atoms with van der Waals surface area (Å²) < 4.78 is 0. The molecule has 0 N–H and O–H groups in total. The van der Waals surface area contributed by atoms with E-state index in [-0.39, 0.29) is 0 Å². The van der Waals surface area contributed by atoms with Gasteiger partial charge in [0.25, 0.3) is 0 Å². The van der Waals surface area contributed by atoms with Crippen LogP contribution in [0.4, 0.5) is 34.1 Å². The molecule has 15 aromatic carbocycles. The van der Waals surface area contributed by atoms with Crippen molar-refractivity contribution in [3.05, 3.63) is 255 Å². The van der Waals surface area contributed by atoms with Crippen molar-refractivity contribution in [2.75, 3.05) is 9.80 Å². The van der Waals surface area contributed by atoms with Crippen molar-refractivity contribution >= 4 is 168 Å². The van der Waals surface area contributed by atoms with Crippen molar-refractivity contribution in [2.45, 2.75) is 39.3 Å². The monoisotopic (exact) mass is 1060 g/mol. The van der Waals surface area contributed by atoms with Crippen molar-refractivity contribution in [1.82, 2.24) is 0 Å². The smallest absolute Gasteiger partial charge is 0.0776 e. The van der Waals surface area contributed by atoms with Crippen molar-refractivity contribution in [2.24, 2.45) is 0 Å². The lowest BCUT2D eigenvalue weighted by Crippen LogP contribution is -2.37. The van der Waals surface area contributed by atoms with Gasteiger partial charge in [-0.05, 0) is 170 Å². The number of fused-ring (bicyclic) bond motifs is 16. The van der Waals surface area contributed by atoms with Gasteiger partial charge in [-0.1, -0.05) is 232 Å². The van der Waals surface area contributed by atoms with E-state index >= 15 is 0 Å². The van der Waals surface area contributed by atoms with E-state index in [1.807, 2.05) is 0 Å². The average molecular weight is 1060 g/mol. The number of hydrogen-bond acceptors (Lipinski definition) is 2. The Hall–Kier alpha value is -9.07. The van der Waals surface area contributed by atoms with E-state index in [4.69, 9.17) is 0 Å². The maximum atomic E-state index is 2.57. The van der Waals surface area contributed by atoms with Crippen LogP contribution in [0.3, 0.4) is 0 Å². The highest BCUT2D eigenvalue weighted by atomic mass is 28.3. The van der Waals surface area contributed by atoms with E-state index in [0.717, 1.165) is 34.1 Å². The fraction of sp³-hybridized carbons (Fsp3) is 0.0789. The molecule has 0 aromatic heterocycles. The van der Waals surface area contributed by atoms with Gasteiger partial charge in [-0.25, -0.2) is 0 Å². The van der Waals surface area contributed by atoms with E-state index in [0.29, 0.717) is 0 Å². The summed E-state index contributed by atoms with van der Waals surface area (Å²) in [4.78, 5) is 4.96. The summed E-state index contributed by atoms with van der Waals surface area (Å²) in [6, 6.07) is 96.8. The fourth-order valence-electron chi connectivity index (χ4n) is 13.0. The van der Waals surface area contributed by atoms with Crippen molar-refractivity contribution < 1.29 is 0 Å². The number of rotatable bonds is 8. The first-order valence-corrected chi connectivity index (χ1v) is 35.2. The van der Waals surface area contributed by atoms with Crippen LogP contribution in [0.15, 0.2) is 255 Å². The highest BCUT2D eigenvalue weighted by Gasteiger charge is 2.25. The third-order valence-electron chi connectivity index (χ3n) is 17.2. The molecule has 0 bridgehead atoms. The van der Waals surface area contributed by atoms with Crippen molar-refractivity contribution in [1.29, 1.82) is 0 Å². The summed E-state index contributed by atoms with van der Waals surface area (Å²) in [5.74, 6) is 0. The van der Waals surface area contributed by atoms with E-state index in [1.54, 1.807) is 0 Å². The molecule has 2 nitrogen and oxygen atoms in total. The maximum absolute atomic E-state index is 2.57. The highest BCUT2D eigenvalue weighted by Crippen LogP contribution is 2.48. The summed E-state index contributed by atoms with van der Waals surface area (Å²) in [6.07, 6.45) is 0. The van der Waals surface area contributed by atoms with E-state index in [1.165, 1.54) is 118 Å². The van der Waals surface area contributed by atoms with Gasteiger partial charge in [0.1, 0.15) is 0 Å². The normalized spacial score (nSPS) is 12.4. The van der Waals surface area contributed by atoms with Gasteiger partial charge in [-0.15, -0.1) is 0 Å². The summed E-state index contributed by atoms with van der Waals surface area (Å²) >= 11 is 0. The summed E-state index contributed by atoms with van der Waals surface area (Å²) in [5, 5.41) is 28.1. The number of benzene rings is 15. The topological polar surface area (TPSA) is 6.48 Å². The summed E-state index contributed by atoms with van der Waals surface area (Å²) in [6.45, 7) is 14.9. The van der Waals surface area contributed by atoms with Crippen molar-refractivity contribution in [3.63, 3.8) is 0 Å². The van der Waals surface area contributed by atoms with Gasteiger partial charge in [-0.2, -0.15) is 0 Å². The first kappa shape index (κ1) is 48.1. The lowest BCUT2D eigenvalue weighted by molar-refractivity contribution is 1.31. The third kappa shape index (κ3) is 7.88. The van der Waals surface area contributed by atoms with Gasteiger partial charge < -0.3 is 9.80 Å². The van der Waals surface area contributed by atoms with Crippen LogP contribution in [-0.2, 0) is 0 Å². The molecule has 0 aliphatic heterocycles. The second-order valence-corrected chi connectivity index (χ2v) is 34.3. The predicted octanol–water partition coefficient (Wildman–Crippen LogP) is 21.2. The van der Waals surface area contributed by atoms with Crippen LogP contribution in [0.5, 0.6) is 0 Å². The van der Waals surface area contributed by atoms with Gasteiger partial charge >= 0.3 is 0 Å². The Labute approximate surface area is 469 Å². The van der Waals surface area contributed by atoms with Crippen molar-refractivity contribution in [3.8, 4) is 0 Å². The standard InChI is InChI=1S/C76H60N2Si2/c1-79(2,3)59-35-39-65-67-43-57(77(55-31-29-49-17-7-9-21-53(49)41-55)75-27-15-23-51-19-11-13-25-61(51)75)33-37-63(67)71-48-74-70-46-60(80(4,5)6)36-40-66(70)68-44-58(34-38-64(68)72(74)47-73(71)69(65)45-59)78(56-32-30-50-18-8-10-22-54(50)42-56)76-28-16-24-52-20-12-14-26-62(52)76/h7-48H,1-6H3. The number of nitrogens with zero attached hydrogens (tertiary/aromatic N) is 2. The Kier molecular flexibility index (Phi) is 11.0. The van der Waals surface area contributed by atoms with Crippen LogP contribution in [0.25, 0.3) is 108 Å². The largest absolute Gasteiger partial charge is 0.310 e. The SMILES string of the molecule is C[Si](C)(C)c1ccc2c3cc(N(c4ccc5ccccc5c4)c4cccc5ccccc45)ccc3c3cc4c5cc([Si](C)(C)C)ccc5c5cc(N(c6ccc7ccccc7c6)c6cccc7ccccc67)ccc5c4cc3c2c1. The number of hydrogen-bond donors (Lipinski definition) is 0. The quantitative estimate of drug-likeness (QED) is 0.0850. The highest BCUT2D eigenvalue weighted by molar-refractivity contribution is 6.89. The first-order chi connectivity index (χ1) is 38.9. The summed E-state index contributed by atoms with van der Waals surface area (Å²) in [5.41, 5.74) is 6.85. The lowest BCUT2D eigenvalue weighted by atomic mass is 9.88. The minimum absolute atomic E-state index is 1.13. The Bertz CT molecular complexity index is 4730. The minimum atomic E-state index is -1.74. The molecule has 0 amide bonds. The first-order valence-electron chi connectivity index (χ1n) is 28.2. The molecule has 0 aliphatic rings. The van der Waals surface area contributed by atoms with Crippen LogP contribution in [0.2, 0.25) is 39.3 Å². The fourth-order valence-corrected chi connectivity index (χ4v) is 15.3. The second-order valence-electron chi connectivity index (χ2n) is 24.2. The second kappa shape index (κ2) is 18.3. The molecule has 0 unspecified atom stereocenters. The van der Waals surface area contributed by atoms with E-state index in [2.05, 4.69) is 304 Å². The van der Waals surface area contributed by atoms with Gasteiger partial charge in [0.15, 0.2) is 0 Å². The molecule has 0 atom stereocenters. The minimum Gasteiger partial charge on any atom is -0.310 e. The van der Waals surface area contributed by atoms with Gasteiger partial charge in [0.05, 0.1) is 27.5 Å². The molecule has 4 heteroatoms. The zero-order valence-corrected chi connectivity index (χ0v) is 48.1. The van der Waals surface area contributed by atoms with Crippen LogP contribution in [0.1, 0.15) is 0 Å². The molecule has 0 aliphatic carbocycles. The van der Waals surface area contributed by atoms with Gasteiger partial charge in [-0.3, -0.25) is 0 Å². The molecule has 0 heterocycles. The zero-order chi connectivity index (χ0) is 54.0. The molecule has 0 fully saturated rings. The Balaban J connectivity index is 1.02. The number of anilines is 6. The molecule has 15 rings (SSSR count). The molecule has 15 aromatic rings. The van der Waals surface area contributed by atoms with Crippen LogP contribution < -0.4 is 20.2 Å². The molecule has 382 valence electrons. The Morgan fingerprint density at radius 3 is 0.912 bits per heavy atom. The Morgan fingerprint density at radius 2 is 0.500 bits per heavy atom. The molecule has 0 saturated heterocycles. The molecule has 0 saturated carbocycles. The Morgan fingerprint density at radius 1 is 0.200 bits per heavy atom. The van der Waals surface area contributed by atoms with Gasteiger partial charge in [0.2, 0.25) is 0 Å². The maximum Gasteiger partial charge on any atom is 0.0776 e. The molecular weight excluding hydrogens is 997 g/mol. The molecule has 80 heavy (non-hydrogen) atoms. The third-order valence-corrected chi connectivity index (χ3v) is 21.3. The molecule has 0 radical (unpaired) electrons. The summed E-state index contributed by atoms with van der Waals surface area (Å²) in [7, 11) is -3.49. The average Bonchev–Trinajstić information content (AvgIpc) is 3.53. The lowest BCUT2D eigenvalue weighted by Gasteiger charge is -2.28. The van der Waals surface area contributed by atoms with E-state index < -0.39 is 16.1 Å². The zero-order valence-electron chi connectivity index (χ0n) is 46.1. The van der Waals surface area contributed by atoms with Crippen LogP contribution >= 0.6 is 0 Å². The van der Waals surface area contributed by atoms with Crippen LogP contribution in [0, 0.1) is 0 Å². The molecule has 0 spiro atoms. The molecular formula is C76H60N2Si2.